The molecule has 2 aliphatic heterocycles. The lowest BCUT2D eigenvalue weighted by Crippen LogP contribution is -2.53. The number of nitrogens with two attached hydrogens (primary N) is 1. The number of rotatable bonds is 9. The van der Waals surface area contributed by atoms with E-state index in [-0.39, 0.29) is 37.6 Å². The molecule has 0 amide bonds. The number of aromatic nitrogens is 4. The third-order valence-electron chi connectivity index (χ3n) is 7.45. The summed E-state index contributed by atoms with van der Waals surface area (Å²) in [6.07, 6.45) is 8.12. The van der Waals surface area contributed by atoms with Gasteiger partial charge in [0, 0.05) is 67.8 Å². The van der Waals surface area contributed by atoms with Crippen molar-refractivity contribution in [3.8, 4) is 5.82 Å². The summed E-state index contributed by atoms with van der Waals surface area (Å²) in [6, 6.07) is 4.39. The molecule has 0 saturated carbocycles. The summed E-state index contributed by atoms with van der Waals surface area (Å²) < 4.78 is 29.8. The van der Waals surface area contributed by atoms with Gasteiger partial charge < -0.3 is 30.6 Å². The monoisotopic (exact) mass is 576 g/mol. The number of hydrogen-bond acceptors (Lipinski definition) is 9. The Balaban J connectivity index is 0.00000370. The van der Waals surface area contributed by atoms with E-state index in [1.807, 2.05) is 6.92 Å². The van der Waals surface area contributed by atoms with Gasteiger partial charge in [-0.05, 0) is 44.0 Å². The molecule has 4 heterocycles. The van der Waals surface area contributed by atoms with E-state index in [2.05, 4.69) is 37.1 Å². The fourth-order valence-corrected chi connectivity index (χ4v) is 5.48. The van der Waals surface area contributed by atoms with E-state index in [0.717, 1.165) is 36.8 Å². The summed E-state index contributed by atoms with van der Waals surface area (Å²) in [7, 11) is 0. The molecule has 40 heavy (non-hydrogen) atoms. The zero-order chi connectivity index (χ0) is 27.5. The molecule has 2 aliphatic rings. The van der Waals surface area contributed by atoms with Crippen LogP contribution in [0.2, 0.25) is 0 Å². The predicted octanol–water partition coefficient (Wildman–Crippen LogP) is 2.24. The first-order chi connectivity index (χ1) is 18.9. The molecular formula is C27H35ClF2N8O2. The molecule has 2 aromatic heterocycles. The smallest absolute Gasteiger partial charge is 0.224 e. The van der Waals surface area contributed by atoms with Gasteiger partial charge in [-0.25, -0.2) is 13.5 Å². The van der Waals surface area contributed by atoms with Crippen LogP contribution in [0.4, 0.5) is 26.2 Å². The van der Waals surface area contributed by atoms with Gasteiger partial charge in [0.2, 0.25) is 5.95 Å². The summed E-state index contributed by atoms with van der Waals surface area (Å²) in [5, 5.41) is 23.2. The minimum atomic E-state index is -0.529. The van der Waals surface area contributed by atoms with Crippen LogP contribution in [-0.2, 0) is 12.8 Å². The van der Waals surface area contributed by atoms with Crippen molar-refractivity contribution in [3.05, 3.63) is 65.1 Å². The highest BCUT2D eigenvalue weighted by atomic mass is 35.5. The average Bonchev–Trinajstić information content (AvgIpc) is 3.28. The molecule has 13 heteroatoms. The Bertz CT molecular complexity index is 1350. The lowest BCUT2D eigenvalue weighted by molar-refractivity contribution is 0.280. The van der Waals surface area contributed by atoms with Crippen LogP contribution in [0.1, 0.15) is 23.2 Å². The lowest BCUT2D eigenvalue weighted by atomic mass is 9.93. The van der Waals surface area contributed by atoms with Gasteiger partial charge in [-0.1, -0.05) is 6.08 Å². The lowest BCUT2D eigenvalue weighted by Gasteiger charge is -2.46. The van der Waals surface area contributed by atoms with Crippen molar-refractivity contribution in [1.29, 1.82) is 0 Å². The summed E-state index contributed by atoms with van der Waals surface area (Å²) >= 11 is 0. The molecule has 0 radical (unpaired) electrons. The van der Waals surface area contributed by atoms with E-state index in [0.29, 0.717) is 55.4 Å². The largest absolute Gasteiger partial charge is 0.395 e. The zero-order valence-electron chi connectivity index (χ0n) is 22.4. The van der Waals surface area contributed by atoms with E-state index in [1.54, 1.807) is 21.8 Å². The second-order valence-corrected chi connectivity index (χ2v) is 9.90. The van der Waals surface area contributed by atoms with Gasteiger partial charge in [-0.15, -0.1) is 12.4 Å². The van der Waals surface area contributed by atoms with Crippen LogP contribution in [-0.4, -0.2) is 86.8 Å². The number of piperazine rings is 1. The van der Waals surface area contributed by atoms with Crippen molar-refractivity contribution in [2.45, 2.75) is 32.2 Å². The van der Waals surface area contributed by atoms with Gasteiger partial charge in [0.1, 0.15) is 17.5 Å². The van der Waals surface area contributed by atoms with Gasteiger partial charge in [0.15, 0.2) is 5.82 Å². The van der Waals surface area contributed by atoms with Gasteiger partial charge >= 0.3 is 0 Å². The van der Waals surface area contributed by atoms with Crippen molar-refractivity contribution in [3.63, 3.8) is 0 Å². The highest BCUT2D eigenvalue weighted by Crippen LogP contribution is 2.35. The van der Waals surface area contributed by atoms with E-state index in [4.69, 9.17) is 5.73 Å². The second kappa shape index (κ2) is 12.8. The summed E-state index contributed by atoms with van der Waals surface area (Å²) in [5.41, 5.74) is 9.22. The molecule has 0 bridgehead atoms. The Labute approximate surface area is 238 Å². The Hall–Kier alpha value is -3.48. The first kappa shape index (κ1) is 29.5. The molecule has 1 unspecified atom stereocenters. The van der Waals surface area contributed by atoms with Gasteiger partial charge in [-0.3, -0.25) is 0 Å². The zero-order valence-corrected chi connectivity index (χ0v) is 23.2. The molecule has 1 aromatic carbocycles. The third-order valence-corrected chi connectivity index (χ3v) is 7.45. The Morgan fingerprint density at radius 1 is 1.12 bits per heavy atom. The molecule has 3 aromatic rings. The Morgan fingerprint density at radius 2 is 1.90 bits per heavy atom. The number of aliphatic hydroxyl groups excluding tert-OH is 2. The van der Waals surface area contributed by atoms with E-state index in [1.165, 1.54) is 6.07 Å². The number of aliphatic hydroxyl groups is 2. The van der Waals surface area contributed by atoms with Crippen LogP contribution in [0, 0.1) is 18.6 Å². The van der Waals surface area contributed by atoms with Crippen molar-refractivity contribution >= 4 is 29.9 Å². The number of fused-ring (bicyclic) bond motifs is 3. The maximum Gasteiger partial charge on any atom is 0.224 e. The molecular weight excluding hydrogens is 542 g/mol. The second-order valence-electron chi connectivity index (χ2n) is 9.90. The summed E-state index contributed by atoms with van der Waals surface area (Å²) in [4.78, 5) is 14.7. The maximum absolute atomic E-state index is 14.2. The van der Waals surface area contributed by atoms with E-state index >= 15 is 0 Å². The van der Waals surface area contributed by atoms with Crippen LogP contribution < -0.4 is 15.5 Å². The molecule has 1 saturated heterocycles. The van der Waals surface area contributed by atoms with Crippen LogP contribution >= 0.6 is 12.4 Å². The Kier molecular flexibility index (Phi) is 9.44. The van der Waals surface area contributed by atoms with Crippen LogP contribution in [0.25, 0.3) is 5.82 Å². The highest BCUT2D eigenvalue weighted by molar-refractivity contribution is 5.85. The number of nitrogens with zero attached hydrogens (tertiary/aromatic N) is 7. The molecule has 5 rings (SSSR count). The molecule has 10 nitrogen and oxygen atoms in total. The first-order valence-electron chi connectivity index (χ1n) is 13.2. The highest BCUT2D eigenvalue weighted by Gasteiger charge is 2.32. The molecule has 216 valence electrons. The van der Waals surface area contributed by atoms with Crippen molar-refractivity contribution in [2.75, 3.05) is 61.5 Å². The minimum absolute atomic E-state index is 0. The standard InChI is InChI=1S/C27H34F2N8O2.ClH/c1-18-19(16-31-37(18)26-15-25(32-27(30)33-26)35(9-11-38)10-12-39)3-2-6-34-7-8-36-21(17-34)4-5-22-23(29)13-20(28)14-24(22)36;/h2,6,13-16,21,38-39H,3-5,7-12,17H2,1H3,(H2,30,32,33);1H/b6-2+;. The molecule has 1 atom stereocenters. The SMILES string of the molecule is Cc1c(C/C=C/N2CCN3c4cc(F)cc(F)c4CCC3C2)cnn1-c1cc(N(CCO)CCO)nc(N)n1.Cl. The van der Waals surface area contributed by atoms with Crippen molar-refractivity contribution in [1.82, 2.24) is 24.6 Å². The van der Waals surface area contributed by atoms with Crippen LogP contribution in [0.5, 0.6) is 0 Å². The minimum Gasteiger partial charge on any atom is -0.395 e. The maximum atomic E-state index is 14.2. The number of allylic oxidation sites excluding steroid dienone is 1. The molecule has 1 fully saturated rings. The van der Waals surface area contributed by atoms with E-state index in [9.17, 15) is 19.0 Å². The fraction of sp³-hybridized carbons (Fsp3) is 0.444. The van der Waals surface area contributed by atoms with Crippen LogP contribution in [0.15, 0.2) is 36.7 Å². The van der Waals surface area contributed by atoms with E-state index < -0.39 is 11.6 Å². The summed E-state index contributed by atoms with van der Waals surface area (Å²) in [5.74, 6) is 0.114. The molecule has 4 N–H and O–H groups in total. The summed E-state index contributed by atoms with van der Waals surface area (Å²) in [6.45, 7) is 4.68. The van der Waals surface area contributed by atoms with Crippen molar-refractivity contribution < 1.29 is 19.0 Å². The van der Waals surface area contributed by atoms with Gasteiger partial charge in [0.05, 0.1) is 19.4 Å². The number of halogens is 3. The molecule has 0 aliphatic carbocycles. The fourth-order valence-electron chi connectivity index (χ4n) is 5.48. The van der Waals surface area contributed by atoms with Crippen LogP contribution in [0.3, 0.4) is 0 Å². The first-order valence-corrected chi connectivity index (χ1v) is 13.2. The topological polar surface area (TPSA) is 120 Å². The number of hydrogen-bond donors (Lipinski definition) is 3. The Morgan fingerprint density at radius 3 is 2.65 bits per heavy atom. The number of anilines is 3. The number of nitrogen functional groups attached to an aromatic ring is 1. The van der Waals surface area contributed by atoms with Gasteiger partial charge in [0.25, 0.3) is 0 Å². The quantitative estimate of drug-likeness (QED) is 0.352. The predicted molar refractivity (Wildman–Crippen MR) is 152 cm³/mol. The third kappa shape index (κ3) is 6.13. The number of benzene rings is 1. The normalized spacial score (nSPS) is 16.6. The average molecular weight is 577 g/mol. The van der Waals surface area contributed by atoms with Gasteiger partial charge in [-0.2, -0.15) is 15.1 Å². The molecule has 0 spiro atoms. The van der Waals surface area contributed by atoms with Crippen molar-refractivity contribution in [2.24, 2.45) is 0 Å².